The van der Waals surface area contributed by atoms with Gasteiger partial charge in [0, 0.05) is 21.6 Å². The predicted molar refractivity (Wildman–Crippen MR) is 70.0 cm³/mol. The Morgan fingerprint density at radius 1 is 1.33 bits per heavy atom. The van der Waals surface area contributed by atoms with Crippen molar-refractivity contribution in [3.8, 4) is 11.3 Å². The Kier molecular flexibility index (Phi) is 3.44. The zero-order chi connectivity index (χ0) is 13.5. The molecule has 0 fully saturated rings. The fourth-order valence-corrected chi connectivity index (χ4v) is 3.16. The molecule has 0 saturated carbocycles. The van der Waals surface area contributed by atoms with E-state index in [4.69, 9.17) is 10.7 Å². The Bertz CT molecular complexity index is 710. The Morgan fingerprint density at radius 3 is 2.50 bits per heavy atom. The highest BCUT2D eigenvalue weighted by Crippen LogP contribution is 2.29. The minimum Gasteiger partial charge on any atom is -0.242 e. The smallest absolute Gasteiger partial charge is 0.242 e. The van der Waals surface area contributed by atoms with Crippen LogP contribution < -0.4 is 0 Å². The summed E-state index contributed by atoms with van der Waals surface area (Å²) in [4.78, 5) is 3.72. The average molecular weight is 306 g/mol. The van der Waals surface area contributed by atoms with Crippen molar-refractivity contribution in [1.29, 1.82) is 0 Å². The summed E-state index contributed by atoms with van der Waals surface area (Å²) in [6, 6.07) is 2.76. The van der Waals surface area contributed by atoms with Crippen LogP contribution in [0.1, 0.15) is 10.6 Å². The van der Waals surface area contributed by atoms with E-state index in [2.05, 4.69) is 4.98 Å². The van der Waals surface area contributed by atoms with E-state index in [0.717, 1.165) is 5.01 Å². The molecule has 2 rings (SSSR count). The highest BCUT2D eigenvalue weighted by Gasteiger charge is 2.20. The lowest BCUT2D eigenvalue weighted by atomic mass is 10.1. The van der Waals surface area contributed by atoms with Gasteiger partial charge in [-0.1, -0.05) is 0 Å². The van der Waals surface area contributed by atoms with Gasteiger partial charge in [-0.3, -0.25) is 0 Å². The van der Waals surface area contributed by atoms with Crippen molar-refractivity contribution in [2.24, 2.45) is 0 Å². The zero-order valence-electron chi connectivity index (χ0n) is 9.57. The first-order valence-corrected chi connectivity index (χ1v) is 8.15. The molecule has 0 aliphatic heterocycles. The lowest BCUT2D eigenvalue weighted by Crippen LogP contribution is -1.99. The molecule has 0 unspecified atom stereocenters. The van der Waals surface area contributed by atoms with Crippen LogP contribution in [-0.4, -0.2) is 13.4 Å². The Hall–Kier alpha value is -0.980. The van der Waals surface area contributed by atoms with Gasteiger partial charge in [-0.2, -0.15) is 0 Å². The van der Waals surface area contributed by atoms with Crippen molar-refractivity contribution >= 4 is 31.1 Å². The third-order valence-corrected chi connectivity index (χ3v) is 4.49. The molecule has 0 amide bonds. The highest BCUT2D eigenvalue weighted by molar-refractivity contribution is 8.13. The van der Waals surface area contributed by atoms with E-state index in [9.17, 15) is 12.8 Å². The molecule has 2 aromatic rings. The van der Waals surface area contributed by atoms with Gasteiger partial charge in [0.05, 0.1) is 10.7 Å². The molecule has 1 aromatic carbocycles. The van der Waals surface area contributed by atoms with Gasteiger partial charge in [-0.25, -0.2) is 17.8 Å². The summed E-state index contributed by atoms with van der Waals surface area (Å²) in [6.07, 6.45) is 0. The summed E-state index contributed by atoms with van der Waals surface area (Å²) in [7, 11) is 1.11. The third kappa shape index (κ3) is 2.55. The Balaban J connectivity index is 2.69. The van der Waals surface area contributed by atoms with Crippen LogP contribution in [0.5, 0.6) is 0 Å². The zero-order valence-corrected chi connectivity index (χ0v) is 12.0. The largest absolute Gasteiger partial charge is 0.264 e. The first-order chi connectivity index (χ1) is 8.29. The molecular formula is C11H9ClFNO2S2. The number of rotatable bonds is 2. The van der Waals surface area contributed by atoms with Gasteiger partial charge in [0.15, 0.2) is 0 Å². The number of thiazole rings is 1. The monoisotopic (exact) mass is 305 g/mol. The topological polar surface area (TPSA) is 47.0 Å². The number of aryl methyl sites for hydroxylation is 2. The molecule has 0 aliphatic carbocycles. The van der Waals surface area contributed by atoms with Crippen LogP contribution in [0.4, 0.5) is 4.39 Å². The highest BCUT2D eigenvalue weighted by atomic mass is 35.7. The number of nitrogens with zero attached hydrogens (tertiary/aromatic N) is 1. The Morgan fingerprint density at radius 2 is 2.00 bits per heavy atom. The molecule has 0 radical (unpaired) electrons. The molecule has 0 atom stereocenters. The fraction of sp³-hybridized carbons (Fsp3) is 0.182. The van der Waals surface area contributed by atoms with E-state index in [1.165, 1.54) is 24.3 Å². The second-order valence-corrected chi connectivity index (χ2v) is 7.39. The molecule has 0 saturated heterocycles. The molecule has 0 bridgehead atoms. The first kappa shape index (κ1) is 13.5. The van der Waals surface area contributed by atoms with Crippen LogP contribution in [0.3, 0.4) is 0 Å². The van der Waals surface area contributed by atoms with E-state index in [1.807, 2.05) is 6.92 Å². The summed E-state index contributed by atoms with van der Waals surface area (Å²) in [5, 5.41) is 2.63. The van der Waals surface area contributed by atoms with Crippen LogP contribution in [-0.2, 0) is 9.05 Å². The first-order valence-electron chi connectivity index (χ1n) is 4.96. The molecular weight excluding hydrogens is 297 g/mol. The summed E-state index contributed by atoms with van der Waals surface area (Å²) in [6.45, 7) is 3.33. The Labute approximate surface area is 113 Å². The number of halogens is 2. The van der Waals surface area contributed by atoms with Crippen molar-refractivity contribution < 1.29 is 12.8 Å². The van der Waals surface area contributed by atoms with Crippen LogP contribution in [0.25, 0.3) is 11.3 Å². The molecule has 7 heteroatoms. The number of hydrogen-bond acceptors (Lipinski definition) is 4. The lowest BCUT2D eigenvalue weighted by Gasteiger charge is -2.05. The molecule has 0 N–H and O–H groups in total. The van der Waals surface area contributed by atoms with E-state index < -0.39 is 19.8 Å². The van der Waals surface area contributed by atoms with Crippen molar-refractivity contribution in [2.75, 3.05) is 0 Å². The standard InChI is InChI=1S/C11H9ClFNO2S2/c1-6-3-8(9-5-17-7(2)14-9)4-10(11(6)13)18(12,15)16/h3-5H,1-2H3. The van der Waals surface area contributed by atoms with Crippen LogP contribution in [0, 0.1) is 19.7 Å². The van der Waals surface area contributed by atoms with E-state index in [-0.39, 0.29) is 5.56 Å². The number of benzene rings is 1. The average Bonchev–Trinajstić information content (AvgIpc) is 2.67. The SMILES string of the molecule is Cc1nc(-c2cc(C)c(F)c(S(=O)(=O)Cl)c2)cs1. The van der Waals surface area contributed by atoms with Crippen molar-refractivity contribution in [2.45, 2.75) is 18.7 Å². The maximum atomic E-state index is 13.7. The fourth-order valence-electron chi connectivity index (χ4n) is 1.56. The second-order valence-electron chi connectivity index (χ2n) is 3.79. The van der Waals surface area contributed by atoms with E-state index in [1.54, 1.807) is 11.4 Å². The van der Waals surface area contributed by atoms with Crippen LogP contribution >= 0.6 is 22.0 Å². The molecule has 0 aliphatic rings. The van der Waals surface area contributed by atoms with Gasteiger partial charge >= 0.3 is 0 Å². The van der Waals surface area contributed by atoms with Gasteiger partial charge in [0.1, 0.15) is 10.7 Å². The second kappa shape index (κ2) is 4.60. The van der Waals surface area contributed by atoms with Gasteiger partial charge < -0.3 is 0 Å². The molecule has 18 heavy (non-hydrogen) atoms. The molecule has 96 valence electrons. The third-order valence-electron chi connectivity index (χ3n) is 2.40. The predicted octanol–water partition coefficient (Wildman–Crippen LogP) is 3.49. The molecule has 0 spiro atoms. The maximum absolute atomic E-state index is 13.7. The van der Waals surface area contributed by atoms with Gasteiger partial charge in [-0.15, -0.1) is 11.3 Å². The lowest BCUT2D eigenvalue weighted by molar-refractivity contribution is 0.570. The van der Waals surface area contributed by atoms with Crippen molar-refractivity contribution in [3.05, 3.63) is 33.9 Å². The molecule has 1 aromatic heterocycles. The summed E-state index contributed by atoms with van der Waals surface area (Å²) in [5.41, 5.74) is 1.37. The molecule has 3 nitrogen and oxygen atoms in total. The summed E-state index contributed by atoms with van der Waals surface area (Å²) < 4.78 is 36.3. The maximum Gasteiger partial charge on any atom is 0.264 e. The summed E-state index contributed by atoms with van der Waals surface area (Å²) >= 11 is 1.44. The summed E-state index contributed by atoms with van der Waals surface area (Å²) in [5.74, 6) is -0.819. The van der Waals surface area contributed by atoms with Gasteiger partial charge in [0.2, 0.25) is 0 Å². The van der Waals surface area contributed by atoms with E-state index >= 15 is 0 Å². The number of hydrogen-bond donors (Lipinski definition) is 0. The van der Waals surface area contributed by atoms with Crippen LogP contribution in [0.2, 0.25) is 0 Å². The quantitative estimate of drug-likeness (QED) is 0.798. The van der Waals surface area contributed by atoms with Gasteiger partial charge in [-0.05, 0) is 31.5 Å². The number of aromatic nitrogens is 1. The van der Waals surface area contributed by atoms with Gasteiger partial charge in [0.25, 0.3) is 9.05 Å². The minimum atomic E-state index is -4.11. The minimum absolute atomic E-state index is 0.220. The normalized spacial score (nSPS) is 11.8. The van der Waals surface area contributed by atoms with Crippen molar-refractivity contribution in [3.63, 3.8) is 0 Å². The molecule has 1 heterocycles. The van der Waals surface area contributed by atoms with Crippen molar-refractivity contribution in [1.82, 2.24) is 4.98 Å². The van der Waals surface area contributed by atoms with Crippen LogP contribution in [0.15, 0.2) is 22.4 Å². The van der Waals surface area contributed by atoms with E-state index in [0.29, 0.717) is 11.3 Å².